The molecule has 0 bridgehead atoms. The maximum absolute atomic E-state index is 11.0. The molecule has 1 heterocycles. The highest BCUT2D eigenvalue weighted by atomic mass is 32.2. The number of hydrogen-bond donors (Lipinski definition) is 0. The molecular formula is C20H18O3S. The fourth-order valence-electron chi connectivity index (χ4n) is 2.37. The summed E-state index contributed by atoms with van der Waals surface area (Å²) < 4.78 is 11.2. The lowest BCUT2D eigenvalue weighted by atomic mass is 10.1. The van der Waals surface area contributed by atoms with Gasteiger partial charge in [-0.15, -0.1) is 0 Å². The van der Waals surface area contributed by atoms with Crippen LogP contribution in [0.2, 0.25) is 0 Å². The smallest absolute Gasteiger partial charge is 0.186 e. The van der Waals surface area contributed by atoms with E-state index in [4.69, 9.17) is 9.15 Å². The second kappa shape index (κ2) is 7.41. The van der Waals surface area contributed by atoms with Crippen molar-refractivity contribution in [2.24, 2.45) is 0 Å². The number of furan rings is 1. The minimum Gasteiger partial charge on any atom is -0.489 e. The molecule has 122 valence electrons. The average molecular weight is 338 g/mol. The van der Waals surface area contributed by atoms with E-state index in [0.29, 0.717) is 12.4 Å². The zero-order valence-corrected chi connectivity index (χ0v) is 14.4. The number of carbonyl (C=O) groups excluding carboxylic acids is 1. The van der Waals surface area contributed by atoms with Crippen LogP contribution in [0.25, 0.3) is 0 Å². The lowest BCUT2D eigenvalue weighted by Crippen LogP contribution is -1.95. The molecule has 3 rings (SSSR count). The zero-order chi connectivity index (χ0) is 16.9. The number of benzene rings is 2. The molecule has 3 aromatic rings. The molecule has 0 aliphatic heterocycles. The third kappa shape index (κ3) is 4.09. The van der Waals surface area contributed by atoms with E-state index in [0.717, 1.165) is 33.2 Å². The summed E-state index contributed by atoms with van der Waals surface area (Å²) in [5.41, 5.74) is 2.38. The van der Waals surface area contributed by atoms with Crippen LogP contribution < -0.4 is 4.74 Å². The standard InChI is InChI=1S/C20H18O3S/c1-14-4-3-5-16(10-14)13-22-17-6-8-18(9-7-17)24-20-11-15(2)23-19(20)12-21/h3-12H,13H2,1-2H3. The Morgan fingerprint density at radius 1 is 1.08 bits per heavy atom. The molecular weight excluding hydrogens is 320 g/mol. The van der Waals surface area contributed by atoms with E-state index in [1.54, 1.807) is 0 Å². The summed E-state index contributed by atoms with van der Waals surface area (Å²) >= 11 is 1.50. The van der Waals surface area contributed by atoms with Crippen LogP contribution in [0.1, 0.15) is 27.4 Å². The van der Waals surface area contributed by atoms with Crippen LogP contribution in [-0.2, 0) is 6.61 Å². The molecule has 1 aromatic heterocycles. The van der Waals surface area contributed by atoms with Gasteiger partial charge >= 0.3 is 0 Å². The van der Waals surface area contributed by atoms with Gasteiger partial charge in [0, 0.05) is 4.90 Å². The van der Waals surface area contributed by atoms with Gasteiger partial charge in [0.1, 0.15) is 18.1 Å². The topological polar surface area (TPSA) is 39.4 Å². The van der Waals surface area contributed by atoms with Crippen LogP contribution in [0.4, 0.5) is 0 Å². The third-order valence-electron chi connectivity index (χ3n) is 3.49. The third-order valence-corrected chi connectivity index (χ3v) is 4.54. The number of rotatable bonds is 6. The maximum atomic E-state index is 11.0. The Hall–Kier alpha value is -2.46. The molecule has 0 fully saturated rings. The van der Waals surface area contributed by atoms with Crippen LogP contribution in [-0.4, -0.2) is 6.29 Å². The van der Waals surface area contributed by atoms with Crippen molar-refractivity contribution in [1.82, 2.24) is 0 Å². The molecule has 3 nitrogen and oxygen atoms in total. The minimum absolute atomic E-state index is 0.372. The van der Waals surface area contributed by atoms with E-state index in [9.17, 15) is 4.79 Å². The van der Waals surface area contributed by atoms with Gasteiger partial charge in [0.05, 0.1) is 4.90 Å². The summed E-state index contributed by atoms with van der Waals surface area (Å²) in [6.45, 7) is 4.45. The van der Waals surface area contributed by atoms with E-state index in [2.05, 4.69) is 25.1 Å². The van der Waals surface area contributed by atoms with Gasteiger partial charge in [0.2, 0.25) is 0 Å². The van der Waals surface area contributed by atoms with Crippen molar-refractivity contribution in [3.8, 4) is 5.75 Å². The Kier molecular flexibility index (Phi) is 5.06. The summed E-state index contributed by atoms with van der Waals surface area (Å²) in [6.07, 6.45) is 0.745. The zero-order valence-electron chi connectivity index (χ0n) is 13.6. The number of aldehydes is 1. The second-order valence-corrected chi connectivity index (χ2v) is 6.67. The molecule has 4 heteroatoms. The van der Waals surface area contributed by atoms with Gasteiger partial charge in [0.25, 0.3) is 0 Å². The van der Waals surface area contributed by atoms with Gasteiger partial charge in [-0.25, -0.2) is 0 Å². The van der Waals surface area contributed by atoms with Crippen molar-refractivity contribution in [3.63, 3.8) is 0 Å². The van der Waals surface area contributed by atoms with E-state index in [1.165, 1.54) is 17.3 Å². The number of ether oxygens (including phenoxy) is 1. The highest BCUT2D eigenvalue weighted by Crippen LogP contribution is 2.33. The van der Waals surface area contributed by atoms with Gasteiger partial charge in [-0.3, -0.25) is 4.79 Å². The number of carbonyl (C=O) groups is 1. The Labute approximate surface area is 145 Å². The highest BCUT2D eigenvalue weighted by molar-refractivity contribution is 7.99. The lowest BCUT2D eigenvalue weighted by Gasteiger charge is -2.07. The SMILES string of the molecule is Cc1cccc(COc2ccc(Sc3cc(C)oc3C=O)cc2)c1. The van der Waals surface area contributed by atoms with Gasteiger partial charge < -0.3 is 9.15 Å². The van der Waals surface area contributed by atoms with Gasteiger partial charge in [-0.2, -0.15) is 0 Å². The molecule has 0 atom stereocenters. The van der Waals surface area contributed by atoms with Crippen LogP contribution in [0.15, 0.2) is 68.8 Å². The summed E-state index contributed by atoms with van der Waals surface area (Å²) in [4.78, 5) is 12.9. The largest absolute Gasteiger partial charge is 0.489 e. The van der Waals surface area contributed by atoms with E-state index < -0.39 is 0 Å². The fraction of sp³-hybridized carbons (Fsp3) is 0.150. The Morgan fingerprint density at radius 3 is 2.58 bits per heavy atom. The number of aryl methyl sites for hydroxylation is 2. The normalized spacial score (nSPS) is 10.6. The fourth-order valence-corrected chi connectivity index (χ4v) is 3.31. The predicted molar refractivity (Wildman–Crippen MR) is 94.9 cm³/mol. The van der Waals surface area contributed by atoms with Crippen molar-refractivity contribution < 1.29 is 13.9 Å². The molecule has 0 aliphatic rings. The van der Waals surface area contributed by atoms with Gasteiger partial charge in [0.15, 0.2) is 12.0 Å². The van der Waals surface area contributed by atoms with Crippen molar-refractivity contribution in [3.05, 3.63) is 77.2 Å². The van der Waals surface area contributed by atoms with Gasteiger partial charge in [-0.05, 0) is 49.7 Å². The summed E-state index contributed by atoms with van der Waals surface area (Å²) in [7, 11) is 0. The monoisotopic (exact) mass is 338 g/mol. The quantitative estimate of drug-likeness (QED) is 0.561. The predicted octanol–water partition coefficient (Wildman–Crippen LogP) is 5.44. The average Bonchev–Trinajstić information content (AvgIpc) is 2.94. The Morgan fingerprint density at radius 2 is 1.88 bits per heavy atom. The highest BCUT2D eigenvalue weighted by Gasteiger charge is 2.09. The molecule has 0 N–H and O–H groups in total. The van der Waals surface area contributed by atoms with Crippen molar-refractivity contribution in [2.45, 2.75) is 30.2 Å². The molecule has 0 radical (unpaired) electrons. The van der Waals surface area contributed by atoms with Crippen molar-refractivity contribution in [1.29, 1.82) is 0 Å². The molecule has 0 amide bonds. The maximum Gasteiger partial charge on any atom is 0.186 e. The van der Waals surface area contributed by atoms with Gasteiger partial charge in [-0.1, -0.05) is 41.6 Å². The molecule has 0 unspecified atom stereocenters. The molecule has 24 heavy (non-hydrogen) atoms. The Balaban J connectivity index is 1.63. The first kappa shape index (κ1) is 16.4. The van der Waals surface area contributed by atoms with Crippen LogP contribution in [0, 0.1) is 13.8 Å². The lowest BCUT2D eigenvalue weighted by molar-refractivity contribution is 0.109. The van der Waals surface area contributed by atoms with Crippen LogP contribution in [0.3, 0.4) is 0 Å². The summed E-state index contributed by atoms with van der Waals surface area (Å²) in [5.74, 6) is 1.93. The molecule has 0 saturated heterocycles. The first-order chi connectivity index (χ1) is 11.6. The van der Waals surface area contributed by atoms with Crippen molar-refractivity contribution in [2.75, 3.05) is 0 Å². The minimum atomic E-state index is 0.372. The molecule has 2 aromatic carbocycles. The first-order valence-corrected chi connectivity index (χ1v) is 8.47. The summed E-state index contributed by atoms with van der Waals surface area (Å²) in [5, 5.41) is 0. The Bertz CT molecular complexity index is 834. The summed E-state index contributed by atoms with van der Waals surface area (Å²) in [6, 6.07) is 18.0. The van der Waals surface area contributed by atoms with Crippen LogP contribution in [0.5, 0.6) is 5.75 Å². The van der Waals surface area contributed by atoms with Crippen LogP contribution >= 0.6 is 11.8 Å². The molecule has 0 spiro atoms. The van der Waals surface area contributed by atoms with E-state index >= 15 is 0 Å². The van der Waals surface area contributed by atoms with E-state index in [1.807, 2.05) is 43.3 Å². The second-order valence-electron chi connectivity index (χ2n) is 5.55. The number of hydrogen-bond acceptors (Lipinski definition) is 4. The molecule has 0 aliphatic carbocycles. The van der Waals surface area contributed by atoms with Crippen molar-refractivity contribution >= 4 is 18.0 Å². The van der Waals surface area contributed by atoms with E-state index in [-0.39, 0.29) is 0 Å². The first-order valence-electron chi connectivity index (χ1n) is 7.66. The molecule has 0 saturated carbocycles.